The molecule has 3 nitrogen and oxygen atoms in total. The molecule has 1 aliphatic rings. The van der Waals surface area contributed by atoms with Gasteiger partial charge >= 0.3 is 0 Å². The lowest BCUT2D eigenvalue weighted by Crippen LogP contribution is -2.29. The van der Waals surface area contributed by atoms with Crippen molar-refractivity contribution in [2.24, 2.45) is 11.8 Å². The Morgan fingerprint density at radius 3 is 2.52 bits per heavy atom. The van der Waals surface area contributed by atoms with Crippen LogP contribution in [0.15, 0.2) is 54.7 Å². The summed E-state index contributed by atoms with van der Waals surface area (Å²) in [5, 5.41) is 4.99. The van der Waals surface area contributed by atoms with Gasteiger partial charge in [-0.25, -0.2) is 0 Å². The molecule has 4 heteroatoms. The van der Waals surface area contributed by atoms with Crippen LogP contribution in [0, 0.1) is 18.8 Å². The Bertz CT molecular complexity index is 1010. The third-order valence-electron chi connectivity index (χ3n) is 6.37. The molecule has 3 aromatic rings. The van der Waals surface area contributed by atoms with Crippen LogP contribution in [0.4, 0.5) is 5.69 Å². The topological polar surface area (TPSA) is 42.0 Å². The van der Waals surface area contributed by atoms with Gasteiger partial charge in [-0.2, -0.15) is 0 Å². The quantitative estimate of drug-likeness (QED) is 0.520. The first kappa shape index (κ1) is 19.9. The number of carbonyl (C=O) groups excluding carboxylic acids is 1. The van der Waals surface area contributed by atoms with Crippen LogP contribution in [0.25, 0.3) is 10.9 Å². The van der Waals surface area contributed by atoms with Crippen LogP contribution in [0.1, 0.15) is 49.7 Å². The molecule has 1 saturated carbocycles. The molecule has 0 bridgehead atoms. The zero-order valence-corrected chi connectivity index (χ0v) is 17.7. The van der Waals surface area contributed by atoms with Crippen molar-refractivity contribution in [3.05, 3.63) is 70.9 Å². The van der Waals surface area contributed by atoms with Crippen LogP contribution < -0.4 is 5.32 Å². The van der Waals surface area contributed by atoms with E-state index in [0.29, 0.717) is 16.9 Å². The highest BCUT2D eigenvalue weighted by atomic mass is 35.5. The second kappa shape index (κ2) is 8.54. The molecule has 0 spiro atoms. The minimum atomic E-state index is 0.00283. The van der Waals surface area contributed by atoms with E-state index in [0.717, 1.165) is 36.9 Å². The number of fused-ring (bicyclic) bond motifs is 1. The highest BCUT2D eigenvalue weighted by Gasteiger charge is 2.30. The van der Waals surface area contributed by atoms with E-state index >= 15 is 0 Å². The molecule has 0 aliphatic heterocycles. The van der Waals surface area contributed by atoms with E-state index in [4.69, 9.17) is 11.6 Å². The summed E-state index contributed by atoms with van der Waals surface area (Å²) in [6.07, 6.45) is 6.33. The monoisotopic (exact) mass is 406 g/mol. The number of nitrogens with one attached hydrogen (secondary N) is 1. The van der Waals surface area contributed by atoms with Crippen LogP contribution in [0.2, 0.25) is 5.02 Å². The number of hydrogen-bond acceptors (Lipinski definition) is 2. The summed E-state index contributed by atoms with van der Waals surface area (Å²) < 4.78 is 0. The number of nitrogens with zero attached hydrogens (tertiary/aromatic N) is 1. The Morgan fingerprint density at radius 2 is 1.79 bits per heavy atom. The maximum Gasteiger partial charge on any atom is 0.227 e. The van der Waals surface area contributed by atoms with E-state index in [1.165, 1.54) is 16.5 Å². The predicted octanol–water partition coefficient (Wildman–Crippen LogP) is 6.75. The largest absolute Gasteiger partial charge is 0.326 e. The smallest absolute Gasteiger partial charge is 0.227 e. The summed E-state index contributed by atoms with van der Waals surface area (Å²) in [5.74, 6) is 1.07. The number of aryl methyl sites for hydroxylation is 1. The minimum Gasteiger partial charge on any atom is -0.326 e. The molecule has 1 aromatic heterocycles. The average molecular weight is 407 g/mol. The van der Waals surface area contributed by atoms with E-state index < -0.39 is 0 Å². The first-order chi connectivity index (χ1) is 14.0. The van der Waals surface area contributed by atoms with Gasteiger partial charge in [-0.3, -0.25) is 9.78 Å². The number of anilines is 1. The van der Waals surface area contributed by atoms with Crippen molar-refractivity contribution in [2.45, 2.75) is 45.4 Å². The van der Waals surface area contributed by atoms with Crippen LogP contribution >= 0.6 is 11.6 Å². The number of rotatable bonds is 4. The lowest BCUT2D eigenvalue weighted by atomic mass is 9.73. The molecule has 2 aromatic carbocycles. The van der Waals surface area contributed by atoms with Crippen LogP contribution in [-0.2, 0) is 4.79 Å². The van der Waals surface area contributed by atoms with Crippen molar-refractivity contribution in [2.75, 3.05) is 5.32 Å². The zero-order chi connectivity index (χ0) is 20.4. The molecule has 1 atom stereocenters. The van der Waals surface area contributed by atoms with Crippen molar-refractivity contribution < 1.29 is 4.79 Å². The molecule has 0 radical (unpaired) electrons. The predicted molar refractivity (Wildman–Crippen MR) is 120 cm³/mol. The molecule has 150 valence electrons. The maximum absolute atomic E-state index is 12.7. The number of hydrogen-bond donors (Lipinski definition) is 1. The van der Waals surface area contributed by atoms with E-state index in [9.17, 15) is 4.79 Å². The van der Waals surface area contributed by atoms with Crippen molar-refractivity contribution in [3.63, 3.8) is 0 Å². The second-order valence-electron chi connectivity index (χ2n) is 8.32. The van der Waals surface area contributed by atoms with Crippen LogP contribution in [0.5, 0.6) is 0 Å². The van der Waals surface area contributed by atoms with E-state index in [-0.39, 0.29) is 11.8 Å². The average Bonchev–Trinajstić information content (AvgIpc) is 2.74. The molecule has 4 rings (SSSR count). The van der Waals surface area contributed by atoms with Gasteiger partial charge in [-0.1, -0.05) is 30.2 Å². The SMILES string of the molecule is Cc1ccc2nccc([C@H]3CC[C@@H](C(C)C(=O)Nc4ccc(Cl)cc4)CC3)c2c1. The standard InChI is InChI=1S/C25H27ClN2O/c1-16-3-12-24-23(15-16)22(13-14-27-24)19-6-4-18(5-7-19)17(2)25(29)28-21-10-8-20(26)9-11-21/h3,8-15,17-19H,4-7H2,1-2H3,(H,28,29)/t17?,18-,19+. The molecular formula is C25H27ClN2O. The molecule has 1 aliphatic carbocycles. The zero-order valence-electron chi connectivity index (χ0n) is 17.0. The summed E-state index contributed by atoms with van der Waals surface area (Å²) in [4.78, 5) is 17.2. The van der Waals surface area contributed by atoms with E-state index in [1.807, 2.05) is 18.3 Å². The van der Waals surface area contributed by atoms with Gasteiger partial charge < -0.3 is 5.32 Å². The van der Waals surface area contributed by atoms with E-state index in [2.05, 4.69) is 48.4 Å². The summed E-state index contributed by atoms with van der Waals surface area (Å²) in [6, 6.07) is 16.0. The number of benzene rings is 2. The Balaban J connectivity index is 1.41. The van der Waals surface area contributed by atoms with E-state index in [1.54, 1.807) is 12.1 Å². The number of amides is 1. The lowest BCUT2D eigenvalue weighted by Gasteiger charge is -2.32. The van der Waals surface area contributed by atoms with Gasteiger partial charge in [0.25, 0.3) is 0 Å². The molecule has 1 heterocycles. The lowest BCUT2D eigenvalue weighted by molar-refractivity contribution is -0.121. The molecule has 1 unspecified atom stereocenters. The van der Waals surface area contributed by atoms with Gasteiger partial charge in [0.05, 0.1) is 5.52 Å². The third kappa shape index (κ3) is 4.45. The van der Waals surface area contributed by atoms with Crippen molar-refractivity contribution in [1.82, 2.24) is 4.98 Å². The second-order valence-corrected chi connectivity index (χ2v) is 8.75. The van der Waals surface area contributed by atoms with Crippen LogP contribution in [0.3, 0.4) is 0 Å². The summed E-state index contributed by atoms with van der Waals surface area (Å²) in [6.45, 7) is 4.19. The first-order valence-electron chi connectivity index (χ1n) is 10.4. The molecule has 1 fully saturated rings. The molecule has 1 amide bonds. The summed E-state index contributed by atoms with van der Waals surface area (Å²) in [7, 11) is 0. The number of carbonyl (C=O) groups is 1. The molecule has 29 heavy (non-hydrogen) atoms. The van der Waals surface area contributed by atoms with Gasteiger partial charge in [0, 0.05) is 28.2 Å². The van der Waals surface area contributed by atoms with Gasteiger partial charge in [-0.15, -0.1) is 0 Å². The van der Waals surface area contributed by atoms with Gasteiger partial charge in [0.2, 0.25) is 5.91 Å². The summed E-state index contributed by atoms with van der Waals surface area (Å²) in [5.41, 5.74) is 4.56. The van der Waals surface area contributed by atoms with Crippen LogP contribution in [-0.4, -0.2) is 10.9 Å². The van der Waals surface area contributed by atoms with Gasteiger partial charge in [-0.05, 0) is 92.5 Å². The Kier molecular flexibility index (Phi) is 5.86. The third-order valence-corrected chi connectivity index (χ3v) is 6.63. The van der Waals surface area contributed by atoms with Crippen molar-refractivity contribution in [3.8, 4) is 0 Å². The Labute approximate surface area is 177 Å². The fourth-order valence-electron chi connectivity index (χ4n) is 4.57. The highest BCUT2D eigenvalue weighted by molar-refractivity contribution is 6.30. The van der Waals surface area contributed by atoms with Crippen molar-refractivity contribution in [1.29, 1.82) is 0 Å². The Morgan fingerprint density at radius 1 is 1.07 bits per heavy atom. The normalized spacial score (nSPS) is 20.4. The van der Waals surface area contributed by atoms with Crippen molar-refractivity contribution >= 4 is 34.1 Å². The minimum absolute atomic E-state index is 0.00283. The number of aromatic nitrogens is 1. The highest BCUT2D eigenvalue weighted by Crippen LogP contribution is 2.41. The fourth-order valence-corrected chi connectivity index (χ4v) is 4.70. The van der Waals surface area contributed by atoms with Gasteiger partial charge in [0.15, 0.2) is 0 Å². The molecule has 1 N–H and O–H groups in total. The first-order valence-corrected chi connectivity index (χ1v) is 10.8. The fraction of sp³-hybridized carbons (Fsp3) is 0.360. The van der Waals surface area contributed by atoms with Gasteiger partial charge in [0.1, 0.15) is 0 Å². The Hall–Kier alpha value is -2.39. The summed E-state index contributed by atoms with van der Waals surface area (Å²) >= 11 is 5.93. The maximum atomic E-state index is 12.7. The molecular weight excluding hydrogens is 380 g/mol. The molecule has 0 saturated heterocycles. The number of halogens is 1. The number of pyridine rings is 1.